The van der Waals surface area contributed by atoms with Crippen LogP contribution in [0.25, 0.3) is 0 Å². The van der Waals surface area contributed by atoms with Crippen molar-refractivity contribution in [3.63, 3.8) is 0 Å². The van der Waals surface area contributed by atoms with Crippen molar-refractivity contribution in [2.24, 2.45) is 22.9 Å². The smallest absolute Gasteiger partial charge is 0.240 e. The topological polar surface area (TPSA) is 68.2 Å². The Hall–Kier alpha value is -2.41. The van der Waals surface area contributed by atoms with E-state index >= 15 is 0 Å². The van der Waals surface area contributed by atoms with Gasteiger partial charge in [0.1, 0.15) is 6.10 Å². The number of ether oxygens (including phenoxy) is 1. The summed E-state index contributed by atoms with van der Waals surface area (Å²) in [4.78, 5) is 33.3. The molecule has 8 heteroatoms. The molecule has 4 heterocycles. The monoisotopic (exact) mass is 428 g/mol. The summed E-state index contributed by atoms with van der Waals surface area (Å²) < 4.78 is 6.10. The fourth-order valence-corrected chi connectivity index (χ4v) is 5.31. The third-order valence-corrected chi connectivity index (χ3v) is 6.77. The summed E-state index contributed by atoms with van der Waals surface area (Å²) >= 11 is 11.9. The van der Waals surface area contributed by atoms with Gasteiger partial charge in [-0.1, -0.05) is 40.5 Å². The number of benzene rings is 2. The van der Waals surface area contributed by atoms with Gasteiger partial charge in [0.2, 0.25) is 11.8 Å². The second-order valence-corrected chi connectivity index (χ2v) is 8.56. The molecule has 3 saturated heterocycles. The Bertz CT molecular complexity index is 1070. The lowest BCUT2D eigenvalue weighted by Crippen LogP contribution is -2.45. The molecule has 29 heavy (non-hydrogen) atoms. The van der Waals surface area contributed by atoms with Gasteiger partial charge in [-0.05, 0) is 42.0 Å². The Morgan fingerprint density at radius 3 is 2.00 bits per heavy atom. The zero-order valence-corrected chi connectivity index (χ0v) is 16.4. The zero-order valence-electron chi connectivity index (χ0n) is 14.9. The summed E-state index contributed by atoms with van der Waals surface area (Å²) in [5.74, 6) is -1.77. The first-order valence-electron chi connectivity index (χ1n) is 9.33. The van der Waals surface area contributed by atoms with Gasteiger partial charge in [-0.25, -0.2) is 4.90 Å². The molecule has 0 N–H and O–H groups in total. The van der Waals surface area contributed by atoms with Gasteiger partial charge in [0.05, 0.1) is 35.3 Å². The van der Waals surface area contributed by atoms with Crippen LogP contribution in [0.4, 0.5) is 5.69 Å². The molecule has 2 aromatic rings. The summed E-state index contributed by atoms with van der Waals surface area (Å²) in [5.41, 5.74) is 2.14. The molecular weight excluding hydrogens is 415 g/mol. The average Bonchev–Trinajstić information content (AvgIpc) is 3.44. The van der Waals surface area contributed by atoms with Crippen molar-refractivity contribution < 1.29 is 19.2 Å². The Balaban J connectivity index is 1.35. The molecule has 6 rings (SSSR count). The molecule has 146 valence electrons. The van der Waals surface area contributed by atoms with Crippen LogP contribution in [0.3, 0.4) is 0 Å². The summed E-state index contributed by atoms with van der Waals surface area (Å²) in [6.07, 6.45) is -1.30. The molecule has 0 saturated carbocycles. The van der Waals surface area contributed by atoms with E-state index in [0.29, 0.717) is 15.7 Å². The first-order valence-corrected chi connectivity index (χ1v) is 10.1. The summed E-state index contributed by atoms with van der Waals surface area (Å²) in [6.45, 7) is 0. The molecular formula is C21H14Cl2N2O4. The fraction of sp³-hybridized carbons (Fsp3) is 0.286. The SMILES string of the molecule is O=C1C2C3OC(C4C(c5ccc(Cl)cc5)=NOC34)C2C(=O)N1c1ccc(Cl)cc1. The van der Waals surface area contributed by atoms with E-state index in [0.717, 1.165) is 11.3 Å². The maximum Gasteiger partial charge on any atom is 0.240 e. The van der Waals surface area contributed by atoms with Crippen LogP contribution in [0, 0.1) is 17.8 Å². The van der Waals surface area contributed by atoms with Crippen molar-refractivity contribution >= 4 is 46.4 Å². The number of hydrogen-bond donors (Lipinski definition) is 0. The van der Waals surface area contributed by atoms with Crippen LogP contribution in [-0.4, -0.2) is 35.8 Å². The van der Waals surface area contributed by atoms with Crippen molar-refractivity contribution in [2.45, 2.75) is 18.3 Å². The van der Waals surface area contributed by atoms with Gasteiger partial charge in [-0.2, -0.15) is 0 Å². The maximum atomic E-state index is 13.2. The molecule has 0 radical (unpaired) electrons. The molecule has 6 atom stereocenters. The largest absolute Gasteiger partial charge is 0.389 e. The van der Waals surface area contributed by atoms with Crippen LogP contribution < -0.4 is 4.90 Å². The number of hydrogen-bond acceptors (Lipinski definition) is 5. The highest BCUT2D eigenvalue weighted by Gasteiger charge is 2.72. The normalized spacial score (nSPS) is 34.3. The predicted molar refractivity (Wildman–Crippen MR) is 106 cm³/mol. The standard InChI is InChI=1S/C21H14Cl2N2O4/c22-10-3-1-9(2-4-10)16-15-17-13-14(18(28-17)19(15)29-24-16)21(27)25(20(13)26)12-7-5-11(23)6-8-12/h1-8,13-15,17-19H. The first-order chi connectivity index (χ1) is 14.0. The van der Waals surface area contributed by atoms with Crippen molar-refractivity contribution in [3.8, 4) is 0 Å². The molecule has 4 aliphatic heterocycles. The number of nitrogens with zero attached hydrogens (tertiary/aromatic N) is 2. The van der Waals surface area contributed by atoms with Gasteiger partial charge in [-0.15, -0.1) is 0 Å². The molecule has 2 bridgehead atoms. The van der Waals surface area contributed by atoms with E-state index in [-0.39, 0.29) is 23.8 Å². The van der Waals surface area contributed by atoms with Crippen LogP contribution in [0.1, 0.15) is 5.56 Å². The number of anilines is 1. The highest BCUT2D eigenvalue weighted by atomic mass is 35.5. The molecule has 0 aliphatic carbocycles. The summed E-state index contributed by atoms with van der Waals surface area (Å²) in [6, 6.07) is 14.0. The third-order valence-electron chi connectivity index (χ3n) is 6.27. The van der Waals surface area contributed by atoms with Crippen LogP contribution in [0.15, 0.2) is 53.7 Å². The van der Waals surface area contributed by atoms with E-state index in [1.54, 1.807) is 36.4 Å². The molecule has 2 aromatic carbocycles. The molecule has 0 spiro atoms. The number of fused-ring (bicyclic) bond motifs is 8. The van der Waals surface area contributed by atoms with Gasteiger partial charge >= 0.3 is 0 Å². The minimum atomic E-state index is -0.552. The highest BCUT2D eigenvalue weighted by Crippen LogP contribution is 2.55. The molecule has 4 aliphatic rings. The van der Waals surface area contributed by atoms with Crippen LogP contribution in [0.5, 0.6) is 0 Å². The number of amides is 2. The van der Waals surface area contributed by atoms with E-state index < -0.39 is 24.0 Å². The van der Waals surface area contributed by atoms with Gasteiger partial charge in [0.15, 0.2) is 6.10 Å². The summed E-state index contributed by atoms with van der Waals surface area (Å²) in [5, 5.41) is 5.44. The number of oxime groups is 1. The average molecular weight is 429 g/mol. The lowest BCUT2D eigenvalue weighted by atomic mass is 9.71. The lowest BCUT2D eigenvalue weighted by molar-refractivity contribution is -0.125. The molecule has 0 aromatic heterocycles. The highest BCUT2D eigenvalue weighted by molar-refractivity contribution is 6.31. The molecule has 6 unspecified atom stereocenters. The van der Waals surface area contributed by atoms with Crippen molar-refractivity contribution in [3.05, 3.63) is 64.1 Å². The number of carbonyl (C=O) groups excluding carboxylic acids is 2. The summed E-state index contributed by atoms with van der Waals surface area (Å²) in [7, 11) is 0. The number of halogens is 2. The predicted octanol–water partition coefficient (Wildman–Crippen LogP) is 3.30. The van der Waals surface area contributed by atoms with E-state index in [2.05, 4.69) is 5.16 Å². The van der Waals surface area contributed by atoms with Crippen LogP contribution in [0.2, 0.25) is 10.0 Å². The van der Waals surface area contributed by atoms with Crippen LogP contribution >= 0.6 is 23.2 Å². The van der Waals surface area contributed by atoms with E-state index in [1.807, 2.05) is 12.1 Å². The molecule has 2 amide bonds. The zero-order chi connectivity index (χ0) is 19.9. The minimum absolute atomic E-state index is 0.190. The number of imide groups is 1. The Labute approximate surface area is 176 Å². The van der Waals surface area contributed by atoms with Crippen molar-refractivity contribution in [1.29, 1.82) is 0 Å². The van der Waals surface area contributed by atoms with E-state index in [9.17, 15) is 9.59 Å². The van der Waals surface area contributed by atoms with Crippen LogP contribution in [-0.2, 0) is 19.2 Å². The van der Waals surface area contributed by atoms with Gasteiger partial charge in [0.25, 0.3) is 0 Å². The number of rotatable bonds is 2. The third kappa shape index (κ3) is 2.31. The fourth-order valence-electron chi connectivity index (χ4n) is 5.06. The Kier molecular flexibility index (Phi) is 3.64. The van der Waals surface area contributed by atoms with E-state index in [4.69, 9.17) is 32.8 Å². The van der Waals surface area contributed by atoms with Crippen molar-refractivity contribution in [1.82, 2.24) is 0 Å². The second-order valence-electron chi connectivity index (χ2n) is 7.68. The van der Waals surface area contributed by atoms with Gasteiger partial charge < -0.3 is 9.57 Å². The molecule has 6 nitrogen and oxygen atoms in total. The number of carbonyl (C=O) groups is 2. The lowest BCUT2D eigenvalue weighted by Gasteiger charge is -2.26. The second kappa shape index (κ2) is 6.05. The Morgan fingerprint density at radius 1 is 0.759 bits per heavy atom. The van der Waals surface area contributed by atoms with Gasteiger partial charge in [0, 0.05) is 10.0 Å². The first kappa shape index (κ1) is 17.4. The Morgan fingerprint density at radius 2 is 1.34 bits per heavy atom. The minimum Gasteiger partial charge on any atom is -0.389 e. The quantitative estimate of drug-likeness (QED) is 0.688. The van der Waals surface area contributed by atoms with E-state index in [1.165, 1.54) is 4.90 Å². The van der Waals surface area contributed by atoms with Gasteiger partial charge in [-0.3, -0.25) is 9.59 Å². The molecule has 3 fully saturated rings. The van der Waals surface area contributed by atoms with Crippen molar-refractivity contribution in [2.75, 3.05) is 4.90 Å². The maximum absolute atomic E-state index is 13.2.